The van der Waals surface area contributed by atoms with Gasteiger partial charge < -0.3 is 19.3 Å². The number of carbonyl (C=O) groups is 2. The van der Waals surface area contributed by atoms with Crippen molar-refractivity contribution < 1.29 is 37.9 Å². The van der Waals surface area contributed by atoms with E-state index in [2.05, 4.69) is 67.0 Å². The minimum absolute atomic E-state index is 0.194. The number of carbonyl (C=O) groups excluding carboxylic acids is 2. The van der Waals surface area contributed by atoms with Crippen LogP contribution < -0.4 is 0 Å². The van der Waals surface area contributed by atoms with E-state index < -0.39 is 32.5 Å². The fourth-order valence-corrected chi connectivity index (χ4v) is 4.37. The Morgan fingerprint density at radius 3 is 1.71 bits per heavy atom. The molecule has 1 atom stereocenters. The first-order chi connectivity index (χ1) is 20.3. The summed E-state index contributed by atoms with van der Waals surface area (Å²) in [6.07, 6.45) is 33.1. The average Bonchev–Trinajstić information content (AvgIpc) is 2.95. The predicted molar refractivity (Wildman–Crippen MR) is 170 cm³/mol. The van der Waals surface area contributed by atoms with Crippen LogP contribution in [0.15, 0.2) is 48.6 Å². The van der Waals surface area contributed by atoms with Crippen molar-refractivity contribution >= 4 is 19.8 Å². The Balaban J connectivity index is 3.97. The summed E-state index contributed by atoms with van der Waals surface area (Å²) in [7, 11) is -4.74. The smallest absolute Gasteiger partial charge is 0.462 e. The van der Waals surface area contributed by atoms with E-state index in [9.17, 15) is 14.2 Å². The molecule has 0 amide bonds. The summed E-state index contributed by atoms with van der Waals surface area (Å²) < 4.78 is 26.0. The summed E-state index contributed by atoms with van der Waals surface area (Å²) in [5.41, 5.74) is 0. The van der Waals surface area contributed by atoms with Gasteiger partial charge in [-0.05, 0) is 51.4 Å². The highest BCUT2D eigenvalue weighted by Gasteiger charge is 2.22. The summed E-state index contributed by atoms with van der Waals surface area (Å²) in [6, 6.07) is 0. The van der Waals surface area contributed by atoms with Crippen LogP contribution in [-0.4, -0.2) is 41.0 Å². The normalized spacial score (nSPS) is 13.1. The third-order valence-corrected chi connectivity index (χ3v) is 6.85. The molecule has 0 spiro atoms. The van der Waals surface area contributed by atoms with Crippen LogP contribution in [0.3, 0.4) is 0 Å². The number of ether oxygens (including phenoxy) is 2. The summed E-state index contributed by atoms with van der Waals surface area (Å²) in [6.45, 7) is 3.42. The molecule has 0 aliphatic rings. The van der Waals surface area contributed by atoms with Gasteiger partial charge in [-0.2, -0.15) is 0 Å². The lowest BCUT2D eigenvalue weighted by Crippen LogP contribution is -2.29. The minimum atomic E-state index is -4.74. The van der Waals surface area contributed by atoms with Crippen LogP contribution in [0.25, 0.3) is 0 Å². The maximum Gasteiger partial charge on any atom is 0.469 e. The van der Waals surface area contributed by atoms with E-state index in [1.165, 1.54) is 0 Å². The highest BCUT2D eigenvalue weighted by Crippen LogP contribution is 2.35. The van der Waals surface area contributed by atoms with Crippen LogP contribution in [-0.2, 0) is 28.2 Å². The Hall–Kier alpha value is -1.99. The van der Waals surface area contributed by atoms with E-state index in [1.807, 2.05) is 0 Å². The molecule has 0 aromatic heterocycles. The lowest BCUT2D eigenvalue weighted by molar-refractivity contribution is -0.161. The number of allylic oxidation sites excluding steroid dienone is 8. The zero-order valence-electron chi connectivity index (χ0n) is 26.1. The fourth-order valence-electron chi connectivity index (χ4n) is 4.01. The number of phosphoric acid groups is 1. The molecular weight excluding hydrogens is 555 g/mol. The number of unbranched alkanes of at least 4 members (excludes halogenated alkanes) is 10. The molecule has 0 rings (SSSR count). The zero-order valence-corrected chi connectivity index (χ0v) is 27.0. The number of hydrogen-bond donors (Lipinski definition) is 2. The first-order valence-corrected chi connectivity index (χ1v) is 17.5. The number of hydrogen-bond acceptors (Lipinski definition) is 6. The van der Waals surface area contributed by atoms with E-state index >= 15 is 0 Å². The Morgan fingerprint density at radius 1 is 0.643 bits per heavy atom. The molecule has 242 valence electrons. The lowest BCUT2D eigenvalue weighted by atomic mass is 10.1. The van der Waals surface area contributed by atoms with Gasteiger partial charge in [0.25, 0.3) is 0 Å². The van der Waals surface area contributed by atoms with Crippen molar-refractivity contribution in [3.8, 4) is 0 Å². The third-order valence-electron chi connectivity index (χ3n) is 6.36. The van der Waals surface area contributed by atoms with E-state index in [4.69, 9.17) is 19.3 Å². The van der Waals surface area contributed by atoms with E-state index in [0.29, 0.717) is 12.8 Å². The number of rotatable bonds is 28. The number of phosphoric ester groups is 1. The molecule has 2 N–H and O–H groups in total. The average molecular weight is 613 g/mol. The maximum atomic E-state index is 12.2. The molecule has 42 heavy (non-hydrogen) atoms. The van der Waals surface area contributed by atoms with Gasteiger partial charge in [0.2, 0.25) is 0 Å². The molecule has 0 bridgehead atoms. The van der Waals surface area contributed by atoms with Crippen molar-refractivity contribution in [2.24, 2.45) is 0 Å². The second kappa shape index (κ2) is 29.1. The molecule has 0 heterocycles. The first-order valence-electron chi connectivity index (χ1n) is 15.9. The van der Waals surface area contributed by atoms with Gasteiger partial charge in [0.05, 0.1) is 6.61 Å². The van der Waals surface area contributed by atoms with Crippen LogP contribution in [0.1, 0.15) is 129 Å². The van der Waals surface area contributed by atoms with E-state index in [0.717, 1.165) is 89.9 Å². The Labute approximate surface area is 254 Å². The van der Waals surface area contributed by atoms with Gasteiger partial charge in [0.1, 0.15) is 6.61 Å². The minimum Gasteiger partial charge on any atom is -0.462 e. The highest BCUT2D eigenvalue weighted by molar-refractivity contribution is 7.46. The first kappa shape index (κ1) is 40.0. The van der Waals surface area contributed by atoms with Gasteiger partial charge in [-0.3, -0.25) is 14.1 Å². The molecule has 9 heteroatoms. The van der Waals surface area contributed by atoms with Crippen molar-refractivity contribution in [1.82, 2.24) is 0 Å². The summed E-state index contributed by atoms with van der Waals surface area (Å²) >= 11 is 0. The van der Waals surface area contributed by atoms with Gasteiger partial charge >= 0.3 is 19.8 Å². The molecular formula is C33H57O8P. The van der Waals surface area contributed by atoms with Crippen LogP contribution in [0.2, 0.25) is 0 Å². The van der Waals surface area contributed by atoms with Crippen LogP contribution in [0, 0.1) is 0 Å². The SMILES string of the molecule is CC/C=C\C/C=C\C/C=C\C/C=C\CCCCCCCCC(=O)OC(COC(=O)CCCCCCC)COP(=O)(O)O. The van der Waals surface area contributed by atoms with Gasteiger partial charge in [0, 0.05) is 12.8 Å². The Morgan fingerprint density at radius 2 is 1.14 bits per heavy atom. The van der Waals surface area contributed by atoms with Crippen molar-refractivity contribution in [1.29, 1.82) is 0 Å². The maximum absolute atomic E-state index is 12.2. The zero-order chi connectivity index (χ0) is 31.2. The molecule has 1 unspecified atom stereocenters. The molecule has 0 aliphatic carbocycles. The van der Waals surface area contributed by atoms with E-state index in [-0.39, 0.29) is 19.4 Å². The quantitative estimate of drug-likeness (QED) is 0.0389. The van der Waals surface area contributed by atoms with Crippen LogP contribution >= 0.6 is 7.82 Å². The third kappa shape index (κ3) is 31.0. The standard InChI is InChI=1S/C33H57O8P/c1-3-5-7-9-10-11-12-13-14-15-16-17-18-19-20-21-22-24-26-28-33(35)41-31(30-40-42(36,37)38)29-39-32(34)27-25-23-8-6-4-2/h5,7,10-11,13-14,16-17,31H,3-4,6,8-9,12,15,18-30H2,1-2H3,(H2,36,37,38)/b7-5-,11-10-,14-13-,17-16-. The predicted octanol–water partition coefficient (Wildman–Crippen LogP) is 8.84. The molecule has 0 aromatic rings. The van der Waals surface area contributed by atoms with Gasteiger partial charge in [-0.1, -0.05) is 114 Å². The Kier molecular flexibility index (Phi) is 27.7. The molecule has 0 aliphatic heterocycles. The second-order valence-corrected chi connectivity index (χ2v) is 11.6. The van der Waals surface area contributed by atoms with Crippen LogP contribution in [0.5, 0.6) is 0 Å². The molecule has 0 radical (unpaired) electrons. The van der Waals surface area contributed by atoms with E-state index in [1.54, 1.807) is 0 Å². The molecule has 0 aromatic carbocycles. The van der Waals surface area contributed by atoms with Gasteiger partial charge in [-0.25, -0.2) is 4.57 Å². The van der Waals surface area contributed by atoms with Crippen molar-refractivity contribution in [3.05, 3.63) is 48.6 Å². The van der Waals surface area contributed by atoms with Crippen molar-refractivity contribution in [2.75, 3.05) is 13.2 Å². The summed E-state index contributed by atoms with van der Waals surface area (Å²) in [5, 5.41) is 0. The summed E-state index contributed by atoms with van der Waals surface area (Å²) in [4.78, 5) is 42.2. The second-order valence-electron chi connectivity index (χ2n) is 10.4. The van der Waals surface area contributed by atoms with Crippen molar-refractivity contribution in [3.63, 3.8) is 0 Å². The monoisotopic (exact) mass is 612 g/mol. The molecule has 0 saturated heterocycles. The van der Waals surface area contributed by atoms with Crippen molar-refractivity contribution in [2.45, 2.75) is 136 Å². The highest BCUT2D eigenvalue weighted by atomic mass is 31.2. The largest absolute Gasteiger partial charge is 0.469 e. The Bertz CT molecular complexity index is 828. The topological polar surface area (TPSA) is 119 Å². The van der Waals surface area contributed by atoms with Gasteiger partial charge in [0.15, 0.2) is 6.10 Å². The lowest BCUT2D eigenvalue weighted by Gasteiger charge is -2.18. The molecule has 8 nitrogen and oxygen atoms in total. The van der Waals surface area contributed by atoms with Crippen LogP contribution in [0.4, 0.5) is 0 Å². The summed E-state index contributed by atoms with van der Waals surface area (Å²) in [5.74, 6) is -0.921. The number of esters is 2. The van der Waals surface area contributed by atoms with Gasteiger partial charge in [-0.15, -0.1) is 0 Å². The molecule has 0 saturated carbocycles. The molecule has 0 fully saturated rings. The fraction of sp³-hybridized carbons (Fsp3) is 0.697.